The van der Waals surface area contributed by atoms with Crippen molar-refractivity contribution in [1.29, 1.82) is 0 Å². The van der Waals surface area contributed by atoms with Crippen LogP contribution in [0.2, 0.25) is 0 Å². The first-order chi connectivity index (χ1) is 15.9. The zero-order valence-corrected chi connectivity index (χ0v) is 18.6. The van der Waals surface area contributed by atoms with Gasteiger partial charge < -0.3 is 15.0 Å². The topological polar surface area (TPSA) is 71.5 Å². The van der Waals surface area contributed by atoms with E-state index in [1.807, 2.05) is 36.4 Å². The van der Waals surface area contributed by atoms with Gasteiger partial charge in [0.2, 0.25) is 5.91 Å². The van der Waals surface area contributed by atoms with E-state index in [-0.39, 0.29) is 17.6 Å². The molecular weight excluding hydrogens is 421 g/mol. The van der Waals surface area contributed by atoms with E-state index in [0.717, 1.165) is 16.7 Å². The summed E-state index contributed by atoms with van der Waals surface area (Å²) in [6, 6.07) is 15.2. The van der Waals surface area contributed by atoms with E-state index in [4.69, 9.17) is 4.74 Å². The van der Waals surface area contributed by atoms with Crippen LogP contribution in [0.4, 0.5) is 4.39 Å². The van der Waals surface area contributed by atoms with E-state index in [1.54, 1.807) is 30.3 Å². The molecule has 0 radical (unpaired) electrons. The lowest BCUT2D eigenvalue weighted by molar-refractivity contribution is -0.131. The van der Waals surface area contributed by atoms with E-state index in [9.17, 15) is 14.0 Å². The van der Waals surface area contributed by atoms with Crippen LogP contribution in [0.1, 0.15) is 42.1 Å². The molecule has 2 unspecified atom stereocenters. The monoisotopic (exact) mass is 447 g/mol. The van der Waals surface area contributed by atoms with Gasteiger partial charge >= 0.3 is 0 Å². The Bertz CT molecular complexity index is 1150. The standard InChI is InChI=1S/C26H26FN3O3/c1-17(26(32)29-16-19-5-4-11-28-15-19)33-23-9-8-20-10-12-30(18(2)31)25(24(20)14-23)21-6-3-7-22(27)13-21/h3-9,11,13-15,17,25H,10,12,16H2,1-2H3,(H,29,32). The Morgan fingerprint density at radius 2 is 2.06 bits per heavy atom. The number of nitrogens with one attached hydrogen (secondary N) is 1. The summed E-state index contributed by atoms with van der Waals surface area (Å²) in [5.74, 6) is -0.160. The average molecular weight is 448 g/mol. The van der Waals surface area contributed by atoms with Crippen LogP contribution < -0.4 is 10.1 Å². The highest BCUT2D eigenvalue weighted by Gasteiger charge is 2.31. The van der Waals surface area contributed by atoms with Crippen molar-refractivity contribution in [3.8, 4) is 5.75 Å². The number of aromatic nitrogens is 1. The molecule has 0 bridgehead atoms. The smallest absolute Gasteiger partial charge is 0.261 e. The summed E-state index contributed by atoms with van der Waals surface area (Å²) < 4.78 is 19.9. The number of benzene rings is 2. The zero-order chi connectivity index (χ0) is 23.4. The van der Waals surface area contributed by atoms with E-state index < -0.39 is 12.1 Å². The van der Waals surface area contributed by atoms with Gasteiger partial charge in [-0.2, -0.15) is 0 Å². The Balaban J connectivity index is 1.54. The number of hydrogen-bond donors (Lipinski definition) is 1. The van der Waals surface area contributed by atoms with Crippen molar-refractivity contribution in [2.45, 2.75) is 39.0 Å². The maximum atomic E-state index is 14.0. The molecule has 7 heteroatoms. The molecule has 0 fully saturated rings. The van der Waals surface area contributed by atoms with Gasteiger partial charge in [0.25, 0.3) is 5.91 Å². The van der Waals surface area contributed by atoms with Gasteiger partial charge in [0.1, 0.15) is 11.6 Å². The summed E-state index contributed by atoms with van der Waals surface area (Å²) >= 11 is 0. The predicted octanol–water partition coefficient (Wildman–Crippen LogP) is 3.80. The Morgan fingerprint density at radius 1 is 1.21 bits per heavy atom. The van der Waals surface area contributed by atoms with Gasteiger partial charge in [-0.05, 0) is 65.9 Å². The SMILES string of the molecule is CC(=O)N1CCc2ccc(OC(C)C(=O)NCc3cccnc3)cc2C1c1cccc(F)c1. The van der Waals surface area contributed by atoms with Crippen LogP contribution in [0.5, 0.6) is 5.75 Å². The minimum Gasteiger partial charge on any atom is -0.481 e. The van der Waals surface area contributed by atoms with Crippen LogP contribution in [0.3, 0.4) is 0 Å². The fourth-order valence-electron chi connectivity index (χ4n) is 4.14. The maximum absolute atomic E-state index is 14.0. The molecule has 33 heavy (non-hydrogen) atoms. The van der Waals surface area contributed by atoms with Crippen LogP contribution >= 0.6 is 0 Å². The van der Waals surface area contributed by atoms with Gasteiger partial charge in [0.05, 0.1) is 6.04 Å². The number of nitrogens with zero attached hydrogens (tertiary/aromatic N) is 2. The number of carbonyl (C=O) groups excluding carboxylic acids is 2. The number of rotatable bonds is 6. The van der Waals surface area contributed by atoms with Gasteiger partial charge in [-0.15, -0.1) is 0 Å². The highest BCUT2D eigenvalue weighted by atomic mass is 19.1. The second kappa shape index (κ2) is 9.81. The summed E-state index contributed by atoms with van der Waals surface area (Å²) in [5.41, 5.74) is 3.55. The molecule has 1 N–H and O–H groups in total. The largest absolute Gasteiger partial charge is 0.481 e. The van der Waals surface area contributed by atoms with Crippen molar-refractivity contribution in [2.24, 2.45) is 0 Å². The number of pyridine rings is 1. The minimum atomic E-state index is -0.722. The Hall–Kier alpha value is -3.74. The molecule has 2 atom stereocenters. The minimum absolute atomic E-state index is 0.0793. The van der Waals surface area contributed by atoms with E-state index in [0.29, 0.717) is 30.8 Å². The molecule has 0 spiro atoms. The second-order valence-corrected chi connectivity index (χ2v) is 8.12. The first kappa shape index (κ1) is 22.5. The van der Waals surface area contributed by atoms with Crippen LogP contribution in [0, 0.1) is 5.82 Å². The molecule has 4 rings (SSSR count). The molecule has 0 aliphatic carbocycles. The van der Waals surface area contributed by atoms with E-state index in [2.05, 4.69) is 10.3 Å². The maximum Gasteiger partial charge on any atom is 0.261 e. The Morgan fingerprint density at radius 3 is 2.79 bits per heavy atom. The normalized spacial score (nSPS) is 16.0. The number of amides is 2. The van der Waals surface area contributed by atoms with E-state index >= 15 is 0 Å². The number of halogens is 1. The fourth-order valence-corrected chi connectivity index (χ4v) is 4.14. The molecular formula is C26H26FN3O3. The summed E-state index contributed by atoms with van der Waals surface area (Å²) in [6.45, 7) is 4.12. The van der Waals surface area contributed by atoms with Crippen molar-refractivity contribution < 1.29 is 18.7 Å². The van der Waals surface area contributed by atoms with Crippen molar-refractivity contribution in [3.05, 3.63) is 95.1 Å². The molecule has 2 heterocycles. The number of ether oxygens (including phenoxy) is 1. The van der Waals surface area contributed by atoms with Crippen LogP contribution in [-0.4, -0.2) is 34.3 Å². The number of carbonyl (C=O) groups is 2. The fraction of sp³-hybridized carbons (Fsp3) is 0.269. The van der Waals surface area contributed by atoms with Gasteiger partial charge in [0.15, 0.2) is 6.10 Å². The van der Waals surface area contributed by atoms with Crippen LogP contribution in [-0.2, 0) is 22.6 Å². The van der Waals surface area contributed by atoms with Gasteiger partial charge in [0, 0.05) is 32.4 Å². The summed E-state index contributed by atoms with van der Waals surface area (Å²) in [6.07, 6.45) is 3.35. The quantitative estimate of drug-likeness (QED) is 0.624. The van der Waals surface area contributed by atoms with Crippen molar-refractivity contribution in [1.82, 2.24) is 15.2 Å². The Labute approximate surface area is 192 Å². The highest BCUT2D eigenvalue weighted by molar-refractivity contribution is 5.80. The molecule has 0 saturated heterocycles. The molecule has 2 aromatic carbocycles. The molecule has 1 aromatic heterocycles. The number of fused-ring (bicyclic) bond motifs is 1. The second-order valence-electron chi connectivity index (χ2n) is 8.12. The molecule has 2 amide bonds. The average Bonchev–Trinajstić information content (AvgIpc) is 2.82. The van der Waals surface area contributed by atoms with Crippen molar-refractivity contribution >= 4 is 11.8 Å². The highest BCUT2D eigenvalue weighted by Crippen LogP contribution is 2.37. The molecule has 0 saturated carbocycles. The van der Waals surface area contributed by atoms with Crippen LogP contribution in [0.25, 0.3) is 0 Å². The lowest BCUT2D eigenvalue weighted by atomic mass is 9.88. The predicted molar refractivity (Wildman–Crippen MR) is 122 cm³/mol. The first-order valence-electron chi connectivity index (χ1n) is 10.9. The molecule has 170 valence electrons. The van der Waals surface area contributed by atoms with Gasteiger partial charge in [-0.25, -0.2) is 4.39 Å². The van der Waals surface area contributed by atoms with E-state index in [1.165, 1.54) is 19.1 Å². The lowest BCUT2D eigenvalue weighted by Gasteiger charge is -2.37. The van der Waals surface area contributed by atoms with Gasteiger partial charge in [-0.3, -0.25) is 14.6 Å². The van der Waals surface area contributed by atoms with Crippen molar-refractivity contribution in [3.63, 3.8) is 0 Å². The molecule has 3 aromatic rings. The third-order valence-corrected chi connectivity index (χ3v) is 5.79. The molecule has 1 aliphatic heterocycles. The summed E-state index contributed by atoms with van der Waals surface area (Å²) in [4.78, 5) is 30.7. The summed E-state index contributed by atoms with van der Waals surface area (Å²) in [5, 5.41) is 2.85. The molecule has 6 nitrogen and oxygen atoms in total. The summed E-state index contributed by atoms with van der Waals surface area (Å²) in [7, 11) is 0. The Kier molecular flexibility index (Phi) is 6.68. The molecule has 1 aliphatic rings. The number of hydrogen-bond acceptors (Lipinski definition) is 4. The first-order valence-corrected chi connectivity index (χ1v) is 10.9. The third kappa shape index (κ3) is 5.19. The van der Waals surface area contributed by atoms with Crippen molar-refractivity contribution in [2.75, 3.05) is 6.54 Å². The lowest BCUT2D eigenvalue weighted by Crippen LogP contribution is -2.39. The third-order valence-electron chi connectivity index (χ3n) is 5.79. The van der Waals surface area contributed by atoms with Gasteiger partial charge in [-0.1, -0.05) is 24.3 Å². The van der Waals surface area contributed by atoms with Crippen LogP contribution in [0.15, 0.2) is 67.0 Å². The zero-order valence-electron chi connectivity index (χ0n) is 18.6.